The molecule has 0 fully saturated rings. The summed E-state index contributed by atoms with van der Waals surface area (Å²) in [5, 5.41) is 4.40. The molecule has 0 amide bonds. The summed E-state index contributed by atoms with van der Waals surface area (Å²) in [7, 11) is 0. The summed E-state index contributed by atoms with van der Waals surface area (Å²) >= 11 is 1.44. The lowest BCUT2D eigenvalue weighted by molar-refractivity contribution is 0.0990. The molecule has 0 spiro atoms. The van der Waals surface area contributed by atoms with E-state index in [1.165, 1.54) is 17.4 Å². The molecule has 3 heterocycles. The molecule has 0 N–H and O–H groups in total. The van der Waals surface area contributed by atoms with E-state index in [9.17, 15) is 9.59 Å². The lowest BCUT2D eigenvalue weighted by Gasteiger charge is -2.00. The van der Waals surface area contributed by atoms with Gasteiger partial charge in [-0.15, -0.1) is 11.3 Å². The van der Waals surface area contributed by atoms with Gasteiger partial charge in [0.05, 0.1) is 5.57 Å². The Morgan fingerprint density at radius 1 is 0.931 bits per heavy atom. The molecule has 0 unspecified atom stereocenters. The van der Waals surface area contributed by atoms with Crippen molar-refractivity contribution in [2.75, 3.05) is 0 Å². The normalized spacial score (nSPS) is 13.6. The quantitative estimate of drug-likeness (QED) is 0.302. The van der Waals surface area contributed by atoms with Crippen LogP contribution in [0.2, 0.25) is 0 Å². The first-order chi connectivity index (χ1) is 14.2. The van der Waals surface area contributed by atoms with Crippen LogP contribution in [0.25, 0.3) is 38.9 Å². The van der Waals surface area contributed by atoms with Crippen molar-refractivity contribution in [2.24, 2.45) is 0 Å². The number of carbonyl (C=O) groups excluding carboxylic acids is 2. The van der Waals surface area contributed by atoms with Crippen molar-refractivity contribution in [3.05, 3.63) is 76.6 Å². The maximum atomic E-state index is 12.8. The molecule has 3 aromatic heterocycles. The van der Waals surface area contributed by atoms with Crippen LogP contribution in [0, 0.1) is 0 Å². The lowest BCUT2D eigenvalue weighted by Crippen LogP contribution is -2.00. The molecule has 0 atom stereocenters. The van der Waals surface area contributed by atoms with Gasteiger partial charge >= 0.3 is 0 Å². The van der Waals surface area contributed by atoms with Gasteiger partial charge in [-0.25, -0.2) is 4.98 Å². The number of oxazole rings is 1. The van der Waals surface area contributed by atoms with Gasteiger partial charge in [0, 0.05) is 34.8 Å². The highest BCUT2D eigenvalue weighted by Crippen LogP contribution is 2.33. The topological polar surface area (TPSA) is 86.2 Å². The predicted octanol–water partition coefficient (Wildman–Crippen LogP) is 5.16. The molecular formula is C22H10N2O4S. The van der Waals surface area contributed by atoms with Crippen LogP contribution in [0.15, 0.2) is 68.4 Å². The molecule has 138 valence electrons. The molecule has 29 heavy (non-hydrogen) atoms. The highest BCUT2D eigenvalue weighted by molar-refractivity contribution is 7.13. The van der Waals surface area contributed by atoms with E-state index in [2.05, 4.69) is 9.97 Å². The maximum Gasteiger partial charge on any atom is 0.266 e. The van der Waals surface area contributed by atoms with E-state index in [0.29, 0.717) is 28.2 Å². The second-order valence-electron chi connectivity index (χ2n) is 6.63. The van der Waals surface area contributed by atoms with E-state index in [1.54, 1.807) is 24.4 Å². The third-order valence-corrected chi connectivity index (χ3v) is 5.67. The van der Waals surface area contributed by atoms with E-state index >= 15 is 0 Å². The Morgan fingerprint density at radius 3 is 2.28 bits per heavy atom. The van der Waals surface area contributed by atoms with Crippen molar-refractivity contribution in [1.82, 2.24) is 9.97 Å². The van der Waals surface area contributed by atoms with Gasteiger partial charge in [0.25, 0.3) is 5.71 Å². The molecular weight excluding hydrogens is 388 g/mol. The van der Waals surface area contributed by atoms with Crippen LogP contribution in [0.5, 0.6) is 0 Å². The predicted molar refractivity (Wildman–Crippen MR) is 108 cm³/mol. The molecule has 7 heteroatoms. The second-order valence-corrected chi connectivity index (χ2v) is 7.53. The number of thiazole rings is 1. The fraction of sp³-hybridized carbons (Fsp3) is 0. The zero-order valence-corrected chi connectivity index (χ0v) is 15.5. The van der Waals surface area contributed by atoms with Crippen molar-refractivity contribution in [1.29, 1.82) is 0 Å². The fourth-order valence-corrected chi connectivity index (χ4v) is 4.12. The van der Waals surface area contributed by atoms with Gasteiger partial charge in [-0.3, -0.25) is 9.59 Å². The molecule has 5 aromatic rings. The Balaban J connectivity index is 1.41. The van der Waals surface area contributed by atoms with Crippen LogP contribution < -0.4 is 0 Å². The summed E-state index contributed by atoms with van der Waals surface area (Å²) in [6.45, 7) is 0. The summed E-state index contributed by atoms with van der Waals surface area (Å²) in [6.07, 6.45) is 3.07. The van der Waals surface area contributed by atoms with Crippen LogP contribution in [0.1, 0.15) is 26.6 Å². The monoisotopic (exact) mass is 398 g/mol. The van der Waals surface area contributed by atoms with Gasteiger partial charge < -0.3 is 8.83 Å². The van der Waals surface area contributed by atoms with Crippen LogP contribution in [0.4, 0.5) is 0 Å². The van der Waals surface area contributed by atoms with Gasteiger partial charge in [-0.2, -0.15) is 4.98 Å². The third kappa shape index (κ3) is 2.41. The number of aromatic nitrogens is 2. The van der Waals surface area contributed by atoms with Crippen LogP contribution >= 0.6 is 11.3 Å². The molecule has 6 rings (SSSR count). The summed E-state index contributed by atoms with van der Waals surface area (Å²) in [5.74, 6) is 0.0640. The van der Waals surface area contributed by atoms with Crippen LogP contribution in [-0.4, -0.2) is 21.5 Å². The number of carbonyl (C=O) groups is 2. The van der Waals surface area contributed by atoms with E-state index in [0.717, 1.165) is 15.8 Å². The Morgan fingerprint density at radius 2 is 1.66 bits per heavy atom. The molecule has 1 aliphatic carbocycles. The summed E-state index contributed by atoms with van der Waals surface area (Å²) in [5.41, 5.74) is 1.58. The van der Waals surface area contributed by atoms with Crippen molar-refractivity contribution in [3.63, 3.8) is 0 Å². The fourth-order valence-electron chi connectivity index (χ4n) is 3.53. The van der Waals surface area contributed by atoms with Crippen LogP contribution in [0.3, 0.4) is 0 Å². The van der Waals surface area contributed by atoms with Crippen molar-refractivity contribution >= 4 is 51.0 Å². The largest absolute Gasteiger partial charge is 0.433 e. The SMILES string of the molecule is O=C1C(=Cc2nc3oc(-c4nccs4)cc3o2)C(=O)c2cc3ccccc3cc21. The average Bonchev–Trinajstić information content (AvgIpc) is 3.48. The molecule has 2 aromatic carbocycles. The number of hydrogen-bond donors (Lipinski definition) is 0. The number of fused-ring (bicyclic) bond motifs is 3. The molecule has 1 aliphatic rings. The first kappa shape index (κ1) is 16.1. The standard InChI is InChI=1S/C22H10N2O4S/c25-19-13-7-11-3-1-2-4-12(11)8-14(13)20(26)15(19)9-18-24-21-16(27-18)10-17(28-21)22-23-5-6-29-22/h1-10H. The Labute approximate surface area is 167 Å². The number of furan rings is 1. The Kier molecular flexibility index (Phi) is 3.24. The summed E-state index contributed by atoms with van der Waals surface area (Å²) in [6, 6.07) is 12.8. The van der Waals surface area contributed by atoms with E-state index in [4.69, 9.17) is 8.83 Å². The number of ketones is 2. The Hall–Kier alpha value is -3.84. The van der Waals surface area contributed by atoms with E-state index in [1.807, 2.05) is 29.6 Å². The molecule has 0 aliphatic heterocycles. The minimum atomic E-state index is -0.325. The smallest absolute Gasteiger partial charge is 0.266 e. The van der Waals surface area contributed by atoms with Gasteiger partial charge in [0.1, 0.15) is 0 Å². The maximum absolute atomic E-state index is 12.8. The number of hydrogen-bond acceptors (Lipinski definition) is 7. The Bertz CT molecular complexity index is 1400. The molecule has 0 saturated carbocycles. The number of nitrogens with zero attached hydrogens (tertiary/aromatic N) is 2. The van der Waals surface area contributed by atoms with Crippen molar-refractivity contribution in [2.45, 2.75) is 0 Å². The number of rotatable bonds is 2. The summed E-state index contributed by atoms with van der Waals surface area (Å²) < 4.78 is 11.3. The highest BCUT2D eigenvalue weighted by atomic mass is 32.1. The number of benzene rings is 2. The first-order valence-corrected chi connectivity index (χ1v) is 9.69. The lowest BCUT2D eigenvalue weighted by atomic mass is 10.0. The minimum absolute atomic E-state index is 0.0411. The molecule has 6 nitrogen and oxygen atoms in total. The van der Waals surface area contributed by atoms with Gasteiger partial charge in [0.15, 0.2) is 27.9 Å². The van der Waals surface area contributed by atoms with Gasteiger partial charge in [-0.05, 0) is 22.9 Å². The van der Waals surface area contributed by atoms with Gasteiger partial charge in [0.2, 0.25) is 5.89 Å². The highest BCUT2D eigenvalue weighted by Gasteiger charge is 2.34. The van der Waals surface area contributed by atoms with Crippen LogP contribution in [-0.2, 0) is 0 Å². The minimum Gasteiger partial charge on any atom is -0.433 e. The van der Waals surface area contributed by atoms with E-state index < -0.39 is 0 Å². The molecule has 0 radical (unpaired) electrons. The summed E-state index contributed by atoms with van der Waals surface area (Å²) in [4.78, 5) is 34.1. The van der Waals surface area contributed by atoms with Crippen molar-refractivity contribution < 1.29 is 18.4 Å². The number of Topliss-reactive ketones (excluding diaryl/α,β-unsaturated/α-hetero) is 2. The zero-order valence-electron chi connectivity index (χ0n) is 14.7. The molecule has 0 bridgehead atoms. The van der Waals surface area contributed by atoms with E-state index in [-0.39, 0.29) is 23.0 Å². The average molecular weight is 398 g/mol. The third-order valence-electron chi connectivity index (χ3n) is 4.88. The second kappa shape index (κ2) is 5.83. The first-order valence-electron chi connectivity index (χ1n) is 8.81. The van der Waals surface area contributed by atoms with Crippen molar-refractivity contribution in [3.8, 4) is 10.8 Å². The zero-order chi connectivity index (χ0) is 19.5. The number of allylic oxidation sites excluding steroid dienone is 1. The van der Waals surface area contributed by atoms with Gasteiger partial charge in [-0.1, -0.05) is 24.3 Å². The molecule has 0 saturated heterocycles.